The van der Waals surface area contributed by atoms with Crippen LogP contribution in [0.15, 0.2) is 18.5 Å². The Morgan fingerprint density at radius 2 is 2.06 bits per heavy atom. The minimum Gasteiger partial charge on any atom is -0.333 e. The molecule has 1 aliphatic heterocycles. The van der Waals surface area contributed by atoms with Gasteiger partial charge in [-0.3, -0.25) is 9.78 Å². The Hall–Kier alpha value is -1.09. The zero-order valence-electron chi connectivity index (χ0n) is 10.2. The number of piperidine rings is 1. The van der Waals surface area contributed by atoms with E-state index in [-0.39, 0.29) is 18.0 Å². The maximum atomic E-state index is 12.5. The van der Waals surface area contributed by atoms with Gasteiger partial charge in [0.15, 0.2) is 0 Å². The first kappa shape index (κ1) is 12.4. The number of carbonyl (C=O) groups is 1. The average molecular weight is 253 g/mol. The molecule has 3 nitrogen and oxygen atoms in total. The number of pyridine rings is 1. The average Bonchev–Trinajstić information content (AvgIpc) is 2.29. The molecule has 1 fully saturated rings. The van der Waals surface area contributed by atoms with Crippen molar-refractivity contribution in [3.63, 3.8) is 0 Å². The fourth-order valence-corrected chi connectivity index (χ4v) is 2.71. The van der Waals surface area contributed by atoms with Crippen molar-refractivity contribution in [3.05, 3.63) is 29.0 Å². The maximum Gasteiger partial charge on any atom is 0.255 e. The van der Waals surface area contributed by atoms with E-state index in [1.165, 1.54) is 12.6 Å². The van der Waals surface area contributed by atoms with Crippen molar-refractivity contribution in [2.75, 3.05) is 0 Å². The summed E-state index contributed by atoms with van der Waals surface area (Å²) in [6, 6.07) is 2.27. The predicted molar refractivity (Wildman–Crippen MR) is 68.2 cm³/mol. The molecule has 0 aromatic carbocycles. The monoisotopic (exact) mass is 252 g/mol. The molecule has 2 heterocycles. The number of rotatable bonds is 1. The van der Waals surface area contributed by atoms with Crippen molar-refractivity contribution >= 4 is 17.5 Å². The Bertz CT molecular complexity index is 412. The quantitative estimate of drug-likeness (QED) is 0.769. The van der Waals surface area contributed by atoms with Crippen LogP contribution >= 0.6 is 11.6 Å². The SMILES string of the molecule is C[C@@H]1CCC[C@H](C)N1C(=O)c1ccncc1Cl. The van der Waals surface area contributed by atoms with Crippen LogP contribution in [0, 0.1) is 0 Å². The van der Waals surface area contributed by atoms with Gasteiger partial charge in [0, 0.05) is 24.5 Å². The molecule has 2 rings (SSSR count). The summed E-state index contributed by atoms with van der Waals surface area (Å²) in [5, 5.41) is 0.433. The van der Waals surface area contributed by atoms with E-state index in [0.717, 1.165) is 12.8 Å². The molecule has 1 amide bonds. The lowest BCUT2D eigenvalue weighted by Gasteiger charge is -2.39. The summed E-state index contributed by atoms with van der Waals surface area (Å²) < 4.78 is 0. The van der Waals surface area contributed by atoms with Gasteiger partial charge < -0.3 is 4.90 Å². The van der Waals surface area contributed by atoms with Crippen molar-refractivity contribution in [3.8, 4) is 0 Å². The van der Waals surface area contributed by atoms with Crippen LogP contribution in [0.5, 0.6) is 0 Å². The largest absolute Gasteiger partial charge is 0.333 e. The summed E-state index contributed by atoms with van der Waals surface area (Å²) in [5.74, 6) is 0.0251. The molecule has 0 radical (unpaired) electrons. The summed E-state index contributed by atoms with van der Waals surface area (Å²) in [6.07, 6.45) is 6.46. The van der Waals surface area contributed by atoms with E-state index in [9.17, 15) is 4.79 Å². The molecule has 2 atom stereocenters. The molecule has 92 valence electrons. The molecule has 0 bridgehead atoms. The number of likely N-dealkylation sites (tertiary alicyclic amines) is 1. The number of hydrogen-bond donors (Lipinski definition) is 0. The maximum absolute atomic E-state index is 12.5. The standard InChI is InChI=1S/C13H17ClN2O/c1-9-4-3-5-10(2)16(9)13(17)11-6-7-15-8-12(11)14/h6-10H,3-5H2,1-2H3/t9-,10+. The molecular weight excluding hydrogens is 236 g/mol. The van der Waals surface area contributed by atoms with Crippen molar-refractivity contribution in [2.45, 2.75) is 45.2 Å². The second-order valence-electron chi connectivity index (χ2n) is 4.70. The highest BCUT2D eigenvalue weighted by molar-refractivity contribution is 6.33. The second kappa shape index (κ2) is 5.05. The van der Waals surface area contributed by atoms with Crippen LogP contribution in [0.2, 0.25) is 5.02 Å². The van der Waals surface area contributed by atoms with Gasteiger partial charge in [-0.05, 0) is 39.2 Å². The summed E-state index contributed by atoms with van der Waals surface area (Å²) in [6.45, 7) is 4.20. The molecular formula is C13H17ClN2O. The normalized spacial score (nSPS) is 24.8. The third-order valence-corrected chi connectivity index (χ3v) is 3.73. The summed E-state index contributed by atoms with van der Waals surface area (Å²) >= 11 is 6.02. The molecule has 4 heteroatoms. The third kappa shape index (κ3) is 2.44. The highest BCUT2D eigenvalue weighted by Crippen LogP contribution is 2.26. The van der Waals surface area contributed by atoms with Crippen LogP contribution in [-0.4, -0.2) is 27.9 Å². The Kier molecular flexibility index (Phi) is 3.67. The second-order valence-corrected chi connectivity index (χ2v) is 5.10. The first-order valence-electron chi connectivity index (χ1n) is 6.03. The van der Waals surface area contributed by atoms with Gasteiger partial charge in [-0.15, -0.1) is 0 Å². The molecule has 0 N–H and O–H groups in total. The summed E-state index contributed by atoms with van der Waals surface area (Å²) in [7, 11) is 0. The first-order chi connectivity index (χ1) is 8.11. The van der Waals surface area contributed by atoms with Gasteiger partial charge >= 0.3 is 0 Å². The van der Waals surface area contributed by atoms with Crippen molar-refractivity contribution < 1.29 is 4.79 Å². The molecule has 1 aliphatic rings. The van der Waals surface area contributed by atoms with Crippen LogP contribution in [0.1, 0.15) is 43.5 Å². The fraction of sp³-hybridized carbons (Fsp3) is 0.538. The van der Waals surface area contributed by atoms with Crippen LogP contribution in [0.25, 0.3) is 0 Å². The molecule has 0 spiro atoms. The number of aromatic nitrogens is 1. The Labute approximate surface area is 107 Å². The molecule has 17 heavy (non-hydrogen) atoms. The van der Waals surface area contributed by atoms with E-state index in [4.69, 9.17) is 11.6 Å². The van der Waals surface area contributed by atoms with Gasteiger partial charge in [0.25, 0.3) is 5.91 Å². The minimum absolute atomic E-state index is 0.0251. The van der Waals surface area contributed by atoms with Crippen LogP contribution in [0.4, 0.5) is 0 Å². The molecule has 1 saturated heterocycles. The lowest BCUT2D eigenvalue weighted by molar-refractivity contribution is 0.0511. The highest BCUT2D eigenvalue weighted by atomic mass is 35.5. The molecule has 0 aliphatic carbocycles. The van der Waals surface area contributed by atoms with Gasteiger partial charge in [-0.1, -0.05) is 11.6 Å². The van der Waals surface area contributed by atoms with E-state index in [1.807, 2.05) is 4.90 Å². The van der Waals surface area contributed by atoms with Crippen LogP contribution in [-0.2, 0) is 0 Å². The van der Waals surface area contributed by atoms with E-state index in [1.54, 1.807) is 12.3 Å². The van der Waals surface area contributed by atoms with E-state index >= 15 is 0 Å². The molecule has 0 unspecified atom stereocenters. The topological polar surface area (TPSA) is 33.2 Å². The zero-order valence-corrected chi connectivity index (χ0v) is 10.9. The number of amides is 1. The van der Waals surface area contributed by atoms with Crippen molar-refractivity contribution in [2.24, 2.45) is 0 Å². The molecule has 0 saturated carbocycles. The van der Waals surface area contributed by atoms with Crippen molar-refractivity contribution in [1.82, 2.24) is 9.88 Å². The Morgan fingerprint density at radius 3 is 2.65 bits per heavy atom. The van der Waals surface area contributed by atoms with Crippen LogP contribution < -0.4 is 0 Å². The van der Waals surface area contributed by atoms with Gasteiger partial charge in [-0.25, -0.2) is 0 Å². The predicted octanol–water partition coefficient (Wildman–Crippen LogP) is 3.14. The minimum atomic E-state index is 0.0251. The van der Waals surface area contributed by atoms with E-state index in [2.05, 4.69) is 18.8 Å². The number of halogens is 1. The van der Waals surface area contributed by atoms with Crippen LogP contribution in [0.3, 0.4) is 0 Å². The molecule has 1 aromatic rings. The lowest BCUT2D eigenvalue weighted by Crippen LogP contribution is -2.47. The van der Waals surface area contributed by atoms with E-state index in [0.29, 0.717) is 10.6 Å². The first-order valence-corrected chi connectivity index (χ1v) is 6.41. The van der Waals surface area contributed by atoms with Gasteiger partial charge in [0.1, 0.15) is 0 Å². The summed E-state index contributed by atoms with van der Waals surface area (Å²) in [4.78, 5) is 18.3. The van der Waals surface area contributed by atoms with Gasteiger partial charge in [0.05, 0.1) is 10.6 Å². The zero-order chi connectivity index (χ0) is 12.4. The number of nitrogens with zero attached hydrogens (tertiary/aromatic N) is 2. The summed E-state index contributed by atoms with van der Waals surface area (Å²) in [5.41, 5.74) is 0.558. The van der Waals surface area contributed by atoms with Gasteiger partial charge in [0.2, 0.25) is 0 Å². The smallest absolute Gasteiger partial charge is 0.255 e. The Balaban J connectivity index is 2.27. The van der Waals surface area contributed by atoms with Crippen molar-refractivity contribution in [1.29, 1.82) is 0 Å². The fourth-order valence-electron chi connectivity index (χ4n) is 2.51. The highest BCUT2D eigenvalue weighted by Gasteiger charge is 2.30. The van der Waals surface area contributed by atoms with Gasteiger partial charge in [-0.2, -0.15) is 0 Å². The lowest BCUT2D eigenvalue weighted by atomic mass is 9.96. The Morgan fingerprint density at radius 1 is 1.41 bits per heavy atom. The number of carbonyl (C=O) groups excluding carboxylic acids is 1. The third-order valence-electron chi connectivity index (χ3n) is 3.43. The number of hydrogen-bond acceptors (Lipinski definition) is 2. The molecule has 1 aromatic heterocycles. The van der Waals surface area contributed by atoms with E-state index < -0.39 is 0 Å².